The molecule has 22 heavy (non-hydrogen) atoms. The zero-order valence-electron chi connectivity index (χ0n) is 13.2. The summed E-state index contributed by atoms with van der Waals surface area (Å²) in [5.41, 5.74) is 1.16. The molecule has 2 atom stereocenters. The van der Waals surface area contributed by atoms with Crippen molar-refractivity contribution < 1.29 is 0 Å². The van der Waals surface area contributed by atoms with Gasteiger partial charge < -0.3 is 10.6 Å². The van der Waals surface area contributed by atoms with Gasteiger partial charge in [0.05, 0.1) is 6.04 Å². The molecule has 0 aliphatic carbocycles. The molecule has 6 heteroatoms. The molecule has 0 fully saturated rings. The summed E-state index contributed by atoms with van der Waals surface area (Å²) in [4.78, 5) is 12.6. The van der Waals surface area contributed by atoms with Gasteiger partial charge in [-0.15, -0.1) is 0 Å². The van der Waals surface area contributed by atoms with Crippen LogP contribution in [-0.2, 0) is 0 Å². The van der Waals surface area contributed by atoms with E-state index in [1.165, 1.54) is 0 Å². The van der Waals surface area contributed by atoms with E-state index in [0.29, 0.717) is 17.8 Å². The first kappa shape index (κ1) is 16.5. The minimum absolute atomic E-state index is 0.0853. The van der Waals surface area contributed by atoms with Gasteiger partial charge in [0, 0.05) is 6.54 Å². The quantitative estimate of drug-likeness (QED) is 0.802. The smallest absolute Gasteiger partial charge is 0.229 e. The highest BCUT2D eigenvalue weighted by Crippen LogP contribution is 2.18. The molecule has 2 rings (SSSR count). The molecular weight excluding hydrogens is 298 g/mol. The second-order valence-corrected chi connectivity index (χ2v) is 5.76. The normalized spacial score (nSPS) is 13.5. The molecule has 0 aliphatic heterocycles. The zero-order chi connectivity index (χ0) is 15.9. The summed E-state index contributed by atoms with van der Waals surface area (Å²) >= 11 is 5.99. The summed E-state index contributed by atoms with van der Waals surface area (Å²) in [5.74, 6) is 1.53. The first-order valence-corrected chi connectivity index (χ1v) is 7.93. The minimum atomic E-state index is 0.0853. The van der Waals surface area contributed by atoms with Gasteiger partial charge in [0.25, 0.3) is 0 Å². The number of hydrogen-bond acceptors (Lipinski definition) is 5. The first-order chi connectivity index (χ1) is 10.6. The molecule has 1 aromatic carbocycles. The molecule has 1 unspecified atom stereocenters. The lowest BCUT2D eigenvalue weighted by Gasteiger charge is -2.15. The summed E-state index contributed by atoms with van der Waals surface area (Å²) in [6.45, 7) is 7.19. The van der Waals surface area contributed by atoms with Crippen LogP contribution in [0.2, 0.25) is 5.28 Å². The van der Waals surface area contributed by atoms with Crippen LogP contribution in [0.15, 0.2) is 30.3 Å². The number of hydrogen-bond donors (Lipinski definition) is 2. The molecule has 0 radical (unpaired) electrons. The third-order valence-corrected chi connectivity index (χ3v) is 3.73. The average molecular weight is 320 g/mol. The number of benzene rings is 1. The van der Waals surface area contributed by atoms with Gasteiger partial charge in [-0.3, -0.25) is 0 Å². The fourth-order valence-corrected chi connectivity index (χ4v) is 2.08. The van der Waals surface area contributed by atoms with Crippen molar-refractivity contribution in [3.05, 3.63) is 41.2 Å². The Balaban J connectivity index is 2.06. The Morgan fingerprint density at radius 1 is 1.05 bits per heavy atom. The van der Waals surface area contributed by atoms with Gasteiger partial charge in [-0.2, -0.15) is 15.0 Å². The molecule has 2 aromatic rings. The maximum absolute atomic E-state index is 5.99. The molecule has 0 amide bonds. The van der Waals surface area contributed by atoms with Crippen molar-refractivity contribution in [2.75, 3.05) is 17.2 Å². The van der Waals surface area contributed by atoms with Crippen molar-refractivity contribution >= 4 is 23.5 Å². The van der Waals surface area contributed by atoms with Crippen molar-refractivity contribution in [3.63, 3.8) is 0 Å². The van der Waals surface area contributed by atoms with Crippen LogP contribution in [0, 0.1) is 5.92 Å². The summed E-state index contributed by atoms with van der Waals surface area (Å²) in [7, 11) is 0. The Hall–Kier alpha value is -1.88. The van der Waals surface area contributed by atoms with Crippen molar-refractivity contribution in [1.82, 2.24) is 15.0 Å². The van der Waals surface area contributed by atoms with Crippen LogP contribution in [0.3, 0.4) is 0 Å². The van der Waals surface area contributed by atoms with Gasteiger partial charge in [-0.05, 0) is 30.0 Å². The summed E-state index contributed by atoms with van der Waals surface area (Å²) in [6, 6.07) is 10.2. The third kappa shape index (κ3) is 4.84. The Morgan fingerprint density at radius 2 is 1.73 bits per heavy atom. The van der Waals surface area contributed by atoms with Crippen molar-refractivity contribution in [3.8, 4) is 0 Å². The van der Waals surface area contributed by atoms with E-state index in [-0.39, 0.29) is 11.3 Å². The zero-order valence-corrected chi connectivity index (χ0v) is 13.9. The summed E-state index contributed by atoms with van der Waals surface area (Å²) in [5, 5.41) is 6.64. The third-order valence-electron chi connectivity index (χ3n) is 3.56. The van der Waals surface area contributed by atoms with Crippen molar-refractivity contribution in [2.45, 2.75) is 33.2 Å². The van der Waals surface area contributed by atoms with Crippen molar-refractivity contribution in [2.24, 2.45) is 5.92 Å². The van der Waals surface area contributed by atoms with Gasteiger partial charge in [0.1, 0.15) is 0 Å². The predicted molar refractivity (Wildman–Crippen MR) is 91.3 cm³/mol. The standard InChI is InChI=1S/C16H22ClN5/c1-4-11(2)10-18-15-20-14(17)21-16(22-15)19-12(3)13-8-6-5-7-9-13/h5-9,11-12H,4,10H2,1-3H3,(H2,18,19,20,21,22)/t11?,12-/m0/s1. The second-order valence-electron chi connectivity index (χ2n) is 5.42. The maximum atomic E-state index is 5.99. The van der Waals surface area contributed by atoms with Crippen LogP contribution < -0.4 is 10.6 Å². The van der Waals surface area contributed by atoms with Crippen LogP contribution in [0.25, 0.3) is 0 Å². The van der Waals surface area contributed by atoms with E-state index in [1.807, 2.05) is 18.2 Å². The van der Waals surface area contributed by atoms with Crippen LogP contribution in [0.5, 0.6) is 0 Å². The lowest BCUT2D eigenvalue weighted by Crippen LogP contribution is -2.15. The molecule has 0 saturated carbocycles. The van der Waals surface area contributed by atoms with E-state index in [0.717, 1.165) is 18.5 Å². The van der Waals surface area contributed by atoms with E-state index in [2.05, 4.69) is 58.5 Å². The Bertz CT molecular complexity index is 590. The van der Waals surface area contributed by atoms with Gasteiger partial charge in [-0.1, -0.05) is 50.6 Å². The molecule has 0 spiro atoms. The average Bonchev–Trinajstić information content (AvgIpc) is 2.53. The van der Waals surface area contributed by atoms with E-state index in [9.17, 15) is 0 Å². The van der Waals surface area contributed by atoms with Gasteiger partial charge in [0.2, 0.25) is 17.2 Å². The number of halogens is 1. The van der Waals surface area contributed by atoms with Gasteiger partial charge >= 0.3 is 0 Å². The van der Waals surface area contributed by atoms with Crippen LogP contribution in [0.4, 0.5) is 11.9 Å². The molecule has 1 heterocycles. The van der Waals surface area contributed by atoms with E-state index >= 15 is 0 Å². The molecule has 2 N–H and O–H groups in total. The largest absolute Gasteiger partial charge is 0.354 e. The topological polar surface area (TPSA) is 62.7 Å². The molecule has 0 aliphatic rings. The van der Waals surface area contributed by atoms with Crippen LogP contribution >= 0.6 is 11.6 Å². The number of rotatable bonds is 7. The monoisotopic (exact) mass is 319 g/mol. The van der Waals surface area contributed by atoms with Crippen molar-refractivity contribution in [1.29, 1.82) is 0 Å². The molecule has 5 nitrogen and oxygen atoms in total. The number of nitrogens with zero attached hydrogens (tertiary/aromatic N) is 3. The lowest BCUT2D eigenvalue weighted by molar-refractivity contribution is 0.591. The molecular formula is C16H22ClN5. The van der Waals surface area contributed by atoms with Crippen LogP contribution in [-0.4, -0.2) is 21.5 Å². The highest BCUT2D eigenvalue weighted by Gasteiger charge is 2.10. The highest BCUT2D eigenvalue weighted by molar-refractivity contribution is 6.28. The Kier molecular flexibility index (Phi) is 5.95. The first-order valence-electron chi connectivity index (χ1n) is 7.55. The highest BCUT2D eigenvalue weighted by atomic mass is 35.5. The van der Waals surface area contributed by atoms with E-state index in [4.69, 9.17) is 11.6 Å². The van der Waals surface area contributed by atoms with E-state index in [1.54, 1.807) is 0 Å². The van der Waals surface area contributed by atoms with E-state index < -0.39 is 0 Å². The Morgan fingerprint density at radius 3 is 2.41 bits per heavy atom. The van der Waals surface area contributed by atoms with Gasteiger partial charge in [-0.25, -0.2) is 0 Å². The lowest BCUT2D eigenvalue weighted by atomic mass is 10.1. The van der Waals surface area contributed by atoms with Gasteiger partial charge in [0.15, 0.2) is 0 Å². The molecule has 118 valence electrons. The fourth-order valence-electron chi connectivity index (χ4n) is 1.92. The minimum Gasteiger partial charge on any atom is -0.354 e. The molecule has 0 saturated heterocycles. The Labute approximate surface area is 136 Å². The predicted octanol–water partition coefficient (Wildman–Crippen LogP) is 4.16. The number of anilines is 2. The SMILES string of the molecule is CCC(C)CNc1nc(Cl)nc(N[C@@H](C)c2ccccc2)n1. The maximum Gasteiger partial charge on any atom is 0.229 e. The fraction of sp³-hybridized carbons (Fsp3) is 0.438. The summed E-state index contributed by atoms with van der Waals surface area (Å²) in [6.07, 6.45) is 1.10. The molecule has 1 aromatic heterocycles. The van der Waals surface area contributed by atoms with Crippen LogP contribution in [0.1, 0.15) is 38.8 Å². The molecule has 0 bridgehead atoms. The number of nitrogens with one attached hydrogen (secondary N) is 2. The second kappa shape index (κ2) is 7.94. The number of aromatic nitrogens is 3. The summed E-state index contributed by atoms with van der Waals surface area (Å²) < 4.78 is 0.